The zero-order chi connectivity index (χ0) is 44.4. The Morgan fingerprint density at radius 3 is 0.922 bits per heavy atom. The standard InChI is InChI=1S/C43H21B3F10O6S2/c1-20-10-35-41-36(11-20)59-31-18-33-27(16-25(31)44(41)23-6-2-4-8-29(23)57-35)46-28-17-26-32(19-34(28)62-40-15-22(64(52,53,54,55)56)14-39(61-33)43(40)46)60-38-13-21(63(47,48,49,50)51)12-37-42(38)45(26)24-7-3-5-9-30(24)58-37/h2-19H,1H3. The summed E-state index contributed by atoms with van der Waals surface area (Å²) in [6, 6.07) is 24.5. The van der Waals surface area contributed by atoms with Crippen LogP contribution in [0.25, 0.3) is 0 Å². The molecule has 0 N–H and O–H groups in total. The first-order valence-electron chi connectivity index (χ1n) is 19.4. The molecule has 13 rings (SSSR count). The van der Waals surface area contributed by atoms with Crippen molar-refractivity contribution in [2.75, 3.05) is 0 Å². The average Bonchev–Trinajstić information content (AvgIpc) is 3.20. The van der Waals surface area contributed by atoms with E-state index in [9.17, 15) is 38.9 Å². The zero-order valence-corrected chi connectivity index (χ0v) is 33.8. The maximum Gasteiger partial charge on any atom is 0.310 e. The molecule has 6 aliphatic heterocycles. The Balaban J connectivity index is 1.06. The predicted molar refractivity (Wildman–Crippen MR) is 227 cm³/mol. The first-order chi connectivity index (χ1) is 29.8. The smallest absolute Gasteiger partial charge is 0.310 e. The van der Waals surface area contributed by atoms with Crippen molar-refractivity contribution in [2.24, 2.45) is 0 Å². The molecule has 0 amide bonds. The monoisotopic (exact) mass is 920 g/mol. The molecule has 6 aliphatic rings. The van der Waals surface area contributed by atoms with Crippen molar-refractivity contribution < 1.29 is 67.3 Å². The summed E-state index contributed by atoms with van der Waals surface area (Å²) < 4.78 is 182. The third-order valence-electron chi connectivity index (χ3n) is 12.5. The maximum absolute atomic E-state index is 14.7. The maximum atomic E-state index is 14.7. The molecule has 0 saturated carbocycles. The number of fused-ring (bicyclic) bond motifs is 12. The SMILES string of the molecule is Cc1cc2c3c(c1)Oc1cc4c(cc1B3c1ccccc1O2)B1c2cc3c(cc2Oc2cc(S(F)(F)(F)(F)F)cc(c21)O4)Oc1cc(S(F)(F)(F)(F)F)cc2c1B3c1ccccc1O2. The van der Waals surface area contributed by atoms with E-state index >= 15 is 0 Å². The van der Waals surface area contributed by atoms with Gasteiger partial charge < -0.3 is 28.4 Å². The molecule has 0 aliphatic carbocycles. The van der Waals surface area contributed by atoms with Crippen molar-refractivity contribution in [1.29, 1.82) is 0 Å². The lowest BCUT2D eigenvalue weighted by Gasteiger charge is -2.43. The summed E-state index contributed by atoms with van der Waals surface area (Å²) in [5.74, 6) is -0.724. The average molecular weight is 920 g/mol. The molecule has 6 nitrogen and oxygen atoms in total. The number of rotatable bonds is 2. The lowest BCUT2D eigenvalue weighted by Crippen LogP contribution is -2.63. The highest BCUT2D eigenvalue weighted by Crippen LogP contribution is 3.03. The molecule has 0 saturated heterocycles. The molecule has 7 aromatic carbocycles. The van der Waals surface area contributed by atoms with Crippen molar-refractivity contribution >= 4 is 89.8 Å². The molecule has 0 radical (unpaired) electrons. The van der Waals surface area contributed by atoms with E-state index in [1.54, 1.807) is 30.3 Å². The summed E-state index contributed by atoms with van der Waals surface area (Å²) >= 11 is 0. The fraction of sp³-hybridized carbons (Fsp3) is 0.0233. The highest BCUT2D eigenvalue weighted by atomic mass is 32.5. The number of halogens is 10. The van der Waals surface area contributed by atoms with Gasteiger partial charge in [-0.3, -0.25) is 0 Å². The lowest BCUT2D eigenvalue weighted by molar-refractivity contribution is 0.358. The van der Waals surface area contributed by atoms with Crippen molar-refractivity contribution in [3.8, 4) is 69.0 Å². The molecular weight excluding hydrogens is 899 g/mol. The minimum Gasteiger partial charge on any atom is -0.458 e. The van der Waals surface area contributed by atoms with Gasteiger partial charge in [-0.25, -0.2) is 0 Å². The largest absolute Gasteiger partial charge is 0.458 e. The van der Waals surface area contributed by atoms with E-state index in [1.807, 2.05) is 43.3 Å². The lowest BCUT2D eigenvalue weighted by atomic mass is 9.30. The van der Waals surface area contributed by atoms with Crippen molar-refractivity contribution in [3.05, 3.63) is 115 Å². The highest BCUT2D eigenvalue weighted by molar-refractivity contribution is 8.46. The Hall–Kier alpha value is -6.47. The molecule has 64 heavy (non-hydrogen) atoms. The third-order valence-corrected chi connectivity index (χ3v) is 14.7. The van der Waals surface area contributed by atoms with Gasteiger partial charge in [0.1, 0.15) is 78.8 Å². The van der Waals surface area contributed by atoms with Gasteiger partial charge in [0.05, 0.1) is 0 Å². The number of benzene rings is 7. The molecule has 0 unspecified atom stereocenters. The Kier molecular flexibility index (Phi) is 6.27. The van der Waals surface area contributed by atoms with Gasteiger partial charge in [0, 0.05) is 52.8 Å². The molecule has 21 heteroatoms. The molecule has 0 spiro atoms. The van der Waals surface area contributed by atoms with Gasteiger partial charge in [0.15, 0.2) is 0 Å². The van der Waals surface area contributed by atoms with Gasteiger partial charge in [0.2, 0.25) is 0 Å². The number of hydrogen-bond acceptors (Lipinski definition) is 6. The second kappa shape index (κ2) is 10.6. The second-order valence-electron chi connectivity index (χ2n) is 16.6. The van der Waals surface area contributed by atoms with Crippen LogP contribution in [-0.4, -0.2) is 20.1 Å². The van der Waals surface area contributed by atoms with Crippen LogP contribution in [0.4, 0.5) is 38.9 Å². The van der Waals surface area contributed by atoms with Crippen LogP contribution in [-0.2, 0) is 0 Å². The summed E-state index contributed by atoms with van der Waals surface area (Å²) in [5.41, 5.74) is 4.47. The third kappa shape index (κ3) is 5.36. The molecule has 0 atom stereocenters. The summed E-state index contributed by atoms with van der Waals surface area (Å²) in [6.07, 6.45) is 0. The Morgan fingerprint density at radius 2 is 0.594 bits per heavy atom. The van der Waals surface area contributed by atoms with Crippen LogP contribution in [0.5, 0.6) is 69.0 Å². The summed E-state index contributed by atoms with van der Waals surface area (Å²) in [6.45, 7) is -0.649. The molecule has 0 fully saturated rings. The topological polar surface area (TPSA) is 55.4 Å². The van der Waals surface area contributed by atoms with Crippen molar-refractivity contribution in [2.45, 2.75) is 16.7 Å². The summed E-state index contributed by atoms with van der Waals surface area (Å²) in [5, 5.41) is 0. The van der Waals surface area contributed by atoms with E-state index in [-0.39, 0.29) is 63.9 Å². The normalized spacial score (nSPS) is 17.2. The fourth-order valence-electron chi connectivity index (χ4n) is 9.91. The van der Waals surface area contributed by atoms with Gasteiger partial charge in [-0.2, -0.15) is 0 Å². The van der Waals surface area contributed by atoms with Crippen molar-refractivity contribution in [1.82, 2.24) is 0 Å². The van der Waals surface area contributed by atoms with E-state index in [4.69, 9.17) is 28.4 Å². The zero-order valence-electron chi connectivity index (χ0n) is 32.2. The van der Waals surface area contributed by atoms with E-state index in [0.717, 1.165) is 16.5 Å². The number of hydrogen-bond donors (Lipinski definition) is 0. The summed E-state index contributed by atoms with van der Waals surface area (Å²) in [7, 11) is -20.7. The van der Waals surface area contributed by atoms with Gasteiger partial charge in [-0.15, -0.1) is 0 Å². The van der Waals surface area contributed by atoms with E-state index in [2.05, 4.69) is 0 Å². The molecule has 7 aromatic rings. The molecule has 0 bridgehead atoms. The molecule has 6 heterocycles. The van der Waals surface area contributed by atoms with Gasteiger partial charge in [-0.05, 0) is 69.5 Å². The Bertz CT molecular complexity index is 3430. The predicted octanol–water partition coefficient (Wildman–Crippen LogP) is 9.49. The molecular formula is C43H21B3F10O6S2. The van der Waals surface area contributed by atoms with Crippen LogP contribution >= 0.6 is 20.4 Å². The number of para-hydroxylation sites is 2. The van der Waals surface area contributed by atoms with E-state index in [1.165, 1.54) is 18.2 Å². The van der Waals surface area contributed by atoms with Crippen LogP contribution in [0.2, 0.25) is 0 Å². The fourth-order valence-corrected chi connectivity index (χ4v) is 11.2. The van der Waals surface area contributed by atoms with Crippen LogP contribution in [0.3, 0.4) is 0 Å². The minimum atomic E-state index is -10.4. The van der Waals surface area contributed by atoms with Crippen molar-refractivity contribution in [3.63, 3.8) is 0 Å². The Morgan fingerprint density at radius 1 is 0.312 bits per heavy atom. The Labute approximate surface area is 356 Å². The van der Waals surface area contributed by atoms with Gasteiger partial charge in [0.25, 0.3) is 20.1 Å². The van der Waals surface area contributed by atoms with Crippen LogP contribution in [0.1, 0.15) is 5.56 Å². The van der Waals surface area contributed by atoms with Crippen LogP contribution in [0, 0.1) is 6.92 Å². The number of ether oxygens (including phenoxy) is 6. The van der Waals surface area contributed by atoms with Gasteiger partial charge >= 0.3 is 20.4 Å². The minimum absolute atomic E-state index is 0.00274. The van der Waals surface area contributed by atoms with Crippen LogP contribution in [0.15, 0.2) is 119 Å². The summed E-state index contributed by atoms with van der Waals surface area (Å²) in [4.78, 5) is -4.56. The van der Waals surface area contributed by atoms with Crippen LogP contribution < -0.4 is 77.6 Å². The van der Waals surface area contributed by atoms with E-state index in [0.29, 0.717) is 44.6 Å². The first kappa shape index (κ1) is 38.0. The van der Waals surface area contributed by atoms with E-state index < -0.39 is 73.4 Å². The highest BCUT2D eigenvalue weighted by Gasteiger charge is 2.67. The molecule has 0 aromatic heterocycles. The van der Waals surface area contributed by atoms with Gasteiger partial charge in [-0.1, -0.05) is 87.4 Å². The number of aryl methyl sites for hydroxylation is 1. The quantitative estimate of drug-likeness (QED) is 0.127. The molecule has 320 valence electrons. The second-order valence-corrected chi connectivity index (χ2v) is 21.4. The first-order valence-corrected chi connectivity index (χ1v) is 23.3.